The molecule has 0 aliphatic carbocycles. The van der Waals surface area contributed by atoms with Gasteiger partial charge in [0.1, 0.15) is 0 Å². The molecule has 6 nitrogen and oxygen atoms in total. The first-order valence-electron chi connectivity index (χ1n) is 6.78. The van der Waals surface area contributed by atoms with Gasteiger partial charge in [0, 0.05) is 37.6 Å². The molecule has 1 fully saturated rings. The topological polar surface area (TPSA) is 80.5 Å². The van der Waals surface area contributed by atoms with Crippen molar-refractivity contribution in [2.75, 3.05) is 25.9 Å². The zero-order chi connectivity index (χ0) is 14.7. The summed E-state index contributed by atoms with van der Waals surface area (Å²) in [5, 5.41) is 2.83. The molecule has 1 aromatic heterocycles. The van der Waals surface area contributed by atoms with Crippen LogP contribution in [0.4, 0.5) is 10.5 Å². The first-order chi connectivity index (χ1) is 9.51. The van der Waals surface area contributed by atoms with Crippen LogP contribution in [-0.4, -0.2) is 42.2 Å². The number of hydrogen-bond donors (Lipinski definition) is 2. The Kier molecular flexibility index (Phi) is 4.44. The minimum Gasteiger partial charge on any atom is -0.453 e. The summed E-state index contributed by atoms with van der Waals surface area (Å²) in [4.78, 5) is 17.9. The minimum absolute atomic E-state index is 0.144. The van der Waals surface area contributed by atoms with Gasteiger partial charge in [-0.2, -0.15) is 0 Å². The Balaban J connectivity index is 1.96. The lowest BCUT2D eigenvalue weighted by Gasteiger charge is -2.18. The molecule has 0 spiro atoms. The molecule has 0 aromatic carbocycles. The molecular formula is C14H22N4O2. The average Bonchev–Trinajstić information content (AvgIpc) is 2.86. The smallest absolute Gasteiger partial charge is 0.407 e. The molecule has 1 saturated heterocycles. The summed E-state index contributed by atoms with van der Waals surface area (Å²) in [6.07, 6.45) is 2.37. The van der Waals surface area contributed by atoms with E-state index in [1.54, 1.807) is 0 Å². The van der Waals surface area contributed by atoms with Crippen molar-refractivity contribution >= 4 is 11.8 Å². The first-order valence-corrected chi connectivity index (χ1v) is 6.78. The SMILES string of the molecule is COC(=O)NC1CCN(Cc2ncc(C)c(N)c2C)C1. The summed E-state index contributed by atoms with van der Waals surface area (Å²) < 4.78 is 4.62. The third kappa shape index (κ3) is 3.19. The lowest BCUT2D eigenvalue weighted by atomic mass is 10.1. The Labute approximate surface area is 119 Å². The number of carbonyl (C=O) groups is 1. The van der Waals surface area contributed by atoms with E-state index in [0.29, 0.717) is 0 Å². The maximum atomic E-state index is 11.2. The predicted molar refractivity (Wildman–Crippen MR) is 77.3 cm³/mol. The van der Waals surface area contributed by atoms with Crippen molar-refractivity contribution in [3.8, 4) is 0 Å². The van der Waals surface area contributed by atoms with Crippen LogP contribution < -0.4 is 11.1 Å². The number of amides is 1. The highest BCUT2D eigenvalue weighted by atomic mass is 16.5. The molecular weight excluding hydrogens is 256 g/mol. The highest BCUT2D eigenvalue weighted by Gasteiger charge is 2.24. The molecule has 1 aliphatic heterocycles. The summed E-state index contributed by atoms with van der Waals surface area (Å²) in [5.74, 6) is 0. The number of nitrogens with two attached hydrogens (primary N) is 1. The van der Waals surface area contributed by atoms with Gasteiger partial charge in [0.25, 0.3) is 0 Å². The number of aryl methyl sites for hydroxylation is 1. The summed E-state index contributed by atoms with van der Waals surface area (Å²) in [6.45, 7) is 6.47. The Hall–Kier alpha value is -1.82. The highest BCUT2D eigenvalue weighted by molar-refractivity contribution is 5.67. The van der Waals surface area contributed by atoms with E-state index in [4.69, 9.17) is 5.73 Å². The van der Waals surface area contributed by atoms with Crippen molar-refractivity contribution < 1.29 is 9.53 Å². The number of ether oxygens (including phenoxy) is 1. The van der Waals surface area contributed by atoms with Gasteiger partial charge in [-0.1, -0.05) is 0 Å². The van der Waals surface area contributed by atoms with E-state index in [9.17, 15) is 4.79 Å². The van der Waals surface area contributed by atoms with Crippen molar-refractivity contribution in [2.24, 2.45) is 0 Å². The van der Waals surface area contributed by atoms with E-state index in [0.717, 1.165) is 48.6 Å². The number of hydrogen-bond acceptors (Lipinski definition) is 5. The van der Waals surface area contributed by atoms with Gasteiger partial charge in [-0.15, -0.1) is 0 Å². The molecule has 1 atom stereocenters. The van der Waals surface area contributed by atoms with Gasteiger partial charge in [0.2, 0.25) is 0 Å². The molecule has 1 unspecified atom stereocenters. The molecule has 2 rings (SSSR count). The van der Waals surface area contributed by atoms with Crippen LogP contribution in [0, 0.1) is 13.8 Å². The van der Waals surface area contributed by atoms with E-state index in [1.165, 1.54) is 7.11 Å². The van der Waals surface area contributed by atoms with Crippen LogP contribution in [-0.2, 0) is 11.3 Å². The Morgan fingerprint density at radius 1 is 1.60 bits per heavy atom. The largest absolute Gasteiger partial charge is 0.453 e. The molecule has 20 heavy (non-hydrogen) atoms. The van der Waals surface area contributed by atoms with E-state index >= 15 is 0 Å². The van der Waals surface area contributed by atoms with Crippen molar-refractivity contribution in [3.63, 3.8) is 0 Å². The van der Waals surface area contributed by atoms with Crippen molar-refractivity contribution in [1.82, 2.24) is 15.2 Å². The Morgan fingerprint density at radius 3 is 3.05 bits per heavy atom. The van der Waals surface area contributed by atoms with Gasteiger partial charge in [-0.05, 0) is 31.4 Å². The molecule has 3 N–H and O–H groups in total. The van der Waals surface area contributed by atoms with E-state index in [2.05, 4.69) is 19.9 Å². The molecule has 0 radical (unpaired) electrons. The lowest BCUT2D eigenvalue weighted by Crippen LogP contribution is -2.36. The standard InChI is InChI=1S/C14H22N4O2/c1-9-6-16-12(10(2)13(9)15)8-18-5-4-11(7-18)17-14(19)20-3/h6,11H,4-5,7-8H2,1-3H3,(H2,15,16)(H,17,19). The Morgan fingerprint density at radius 2 is 2.35 bits per heavy atom. The van der Waals surface area contributed by atoms with Crippen LogP contribution in [0.25, 0.3) is 0 Å². The second-order valence-electron chi connectivity index (χ2n) is 5.28. The van der Waals surface area contributed by atoms with Crippen LogP contribution in [0.1, 0.15) is 23.2 Å². The maximum absolute atomic E-state index is 11.2. The van der Waals surface area contributed by atoms with Gasteiger partial charge in [0.05, 0.1) is 12.8 Å². The summed E-state index contributed by atoms with van der Waals surface area (Å²) in [7, 11) is 1.38. The van der Waals surface area contributed by atoms with Gasteiger partial charge < -0.3 is 15.8 Å². The van der Waals surface area contributed by atoms with Crippen LogP contribution in [0.2, 0.25) is 0 Å². The molecule has 0 bridgehead atoms. The van der Waals surface area contributed by atoms with Gasteiger partial charge in [0.15, 0.2) is 0 Å². The molecule has 6 heteroatoms. The van der Waals surface area contributed by atoms with Crippen molar-refractivity contribution in [3.05, 3.63) is 23.0 Å². The third-order valence-corrected chi connectivity index (χ3v) is 3.83. The zero-order valence-corrected chi connectivity index (χ0v) is 12.3. The number of methoxy groups -OCH3 is 1. The van der Waals surface area contributed by atoms with Crippen LogP contribution in [0.3, 0.4) is 0 Å². The highest BCUT2D eigenvalue weighted by Crippen LogP contribution is 2.21. The second kappa shape index (κ2) is 6.09. The summed E-state index contributed by atoms with van der Waals surface area (Å²) in [5.41, 5.74) is 9.92. The summed E-state index contributed by atoms with van der Waals surface area (Å²) in [6, 6.07) is 0.144. The Bertz CT molecular complexity index is 504. The number of rotatable bonds is 3. The molecule has 110 valence electrons. The monoisotopic (exact) mass is 278 g/mol. The fraction of sp³-hybridized carbons (Fsp3) is 0.571. The summed E-state index contributed by atoms with van der Waals surface area (Å²) >= 11 is 0. The van der Waals surface area contributed by atoms with Gasteiger partial charge >= 0.3 is 6.09 Å². The number of alkyl carbamates (subject to hydrolysis) is 1. The van der Waals surface area contributed by atoms with E-state index in [-0.39, 0.29) is 12.1 Å². The van der Waals surface area contributed by atoms with Crippen molar-refractivity contribution in [1.29, 1.82) is 0 Å². The molecule has 0 saturated carbocycles. The molecule has 1 aromatic rings. The average molecular weight is 278 g/mol. The maximum Gasteiger partial charge on any atom is 0.407 e. The molecule has 1 aliphatic rings. The van der Waals surface area contributed by atoms with Crippen LogP contribution in [0.5, 0.6) is 0 Å². The predicted octanol–water partition coefficient (Wildman–Crippen LogP) is 1.21. The lowest BCUT2D eigenvalue weighted by molar-refractivity contribution is 0.166. The minimum atomic E-state index is -0.370. The van der Waals surface area contributed by atoms with E-state index in [1.807, 2.05) is 20.0 Å². The number of nitrogens with zero attached hydrogens (tertiary/aromatic N) is 2. The zero-order valence-electron chi connectivity index (χ0n) is 12.3. The number of likely N-dealkylation sites (tertiary alicyclic amines) is 1. The van der Waals surface area contributed by atoms with E-state index < -0.39 is 0 Å². The normalized spacial score (nSPS) is 19.1. The number of pyridine rings is 1. The number of aromatic nitrogens is 1. The number of nitrogens with one attached hydrogen (secondary N) is 1. The molecule has 2 heterocycles. The number of anilines is 1. The van der Waals surface area contributed by atoms with Crippen LogP contribution >= 0.6 is 0 Å². The fourth-order valence-electron chi connectivity index (χ4n) is 2.48. The molecule has 1 amide bonds. The quantitative estimate of drug-likeness (QED) is 0.868. The first kappa shape index (κ1) is 14.6. The third-order valence-electron chi connectivity index (χ3n) is 3.83. The van der Waals surface area contributed by atoms with Crippen molar-refractivity contribution in [2.45, 2.75) is 32.9 Å². The number of carbonyl (C=O) groups excluding carboxylic acids is 1. The number of nitrogen functional groups attached to an aromatic ring is 1. The van der Waals surface area contributed by atoms with Gasteiger partial charge in [-0.3, -0.25) is 9.88 Å². The van der Waals surface area contributed by atoms with Crippen LogP contribution in [0.15, 0.2) is 6.20 Å². The van der Waals surface area contributed by atoms with Gasteiger partial charge in [-0.25, -0.2) is 4.79 Å². The second-order valence-corrected chi connectivity index (χ2v) is 5.28. The fourth-order valence-corrected chi connectivity index (χ4v) is 2.48.